The van der Waals surface area contributed by atoms with Gasteiger partial charge in [0, 0.05) is 5.56 Å². The first-order valence-corrected chi connectivity index (χ1v) is 14.3. The molecule has 2 atom stereocenters. The Morgan fingerprint density at radius 3 is 2.59 bits per heavy atom. The van der Waals surface area contributed by atoms with E-state index < -0.39 is 22.0 Å². The monoisotopic (exact) mass is 510 g/mol. The maximum atomic E-state index is 13.0. The minimum Gasteiger partial charge on any atom is -0.454 e. The number of benzene rings is 1. The molecule has 2 aromatic rings. The van der Waals surface area contributed by atoms with Gasteiger partial charge in [0.2, 0.25) is 27.9 Å². The molecule has 0 radical (unpaired) electrons. The van der Waals surface area contributed by atoms with Gasteiger partial charge in [0.15, 0.2) is 11.5 Å². The third kappa shape index (κ3) is 7.38. The minimum atomic E-state index is -3.58. The van der Waals surface area contributed by atoms with Crippen LogP contribution in [-0.4, -0.2) is 43.1 Å². The molecule has 0 spiro atoms. The zero-order chi connectivity index (χ0) is 24.6. The molecule has 0 fully saturated rings. The van der Waals surface area contributed by atoms with Crippen LogP contribution in [0.3, 0.4) is 0 Å². The number of hydrogen-bond acceptors (Lipinski definition) is 8. The summed E-state index contributed by atoms with van der Waals surface area (Å²) >= 11 is 1.21. The summed E-state index contributed by atoms with van der Waals surface area (Å²) < 4.78 is 38.6. The van der Waals surface area contributed by atoms with E-state index in [1.807, 2.05) is 26.0 Å². The van der Waals surface area contributed by atoms with Crippen molar-refractivity contribution in [1.82, 2.24) is 14.9 Å². The van der Waals surface area contributed by atoms with Crippen LogP contribution in [0.2, 0.25) is 0 Å². The third-order valence-corrected chi connectivity index (χ3v) is 8.17. The number of rotatable bonds is 14. The van der Waals surface area contributed by atoms with Gasteiger partial charge >= 0.3 is 0 Å². The van der Waals surface area contributed by atoms with E-state index in [-0.39, 0.29) is 18.5 Å². The van der Waals surface area contributed by atoms with E-state index >= 15 is 0 Å². The summed E-state index contributed by atoms with van der Waals surface area (Å²) in [6.45, 7) is 6.11. The third-order valence-electron chi connectivity index (χ3n) is 5.84. The number of fused-ring (bicyclic) bond motifs is 1. The van der Waals surface area contributed by atoms with Crippen molar-refractivity contribution in [1.29, 1.82) is 0 Å². The Morgan fingerprint density at radius 1 is 1.09 bits per heavy atom. The highest BCUT2D eigenvalue weighted by atomic mass is 32.2. The van der Waals surface area contributed by atoms with Crippen LogP contribution in [-0.2, 0) is 14.8 Å². The fraction of sp³-hybridized carbons (Fsp3) is 0.609. The quantitative estimate of drug-likeness (QED) is 0.357. The van der Waals surface area contributed by atoms with E-state index in [4.69, 9.17) is 9.47 Å². The lowest BCUT2D eigenvalue weighted by Crippen LogP contribution is -2.48. The van der Waals surface area contributed by atoms with Crippen LogP contribution in [0.4, 0.5) is 5.13 Å². The lowest BCUT2D eigenvalue weighted by atomic mass is 9.99. The molecule has 2 N–H and O–H groups in total. The Kier molecular flexibility index (Phi) is 9.66. The topological polar surface area (TPSA) is 120 Å². The van der Waals surface area contributed by atoms with E-state index in [2.05, 4.69) is 27.2 Å². The lowest BCUT2D eigenvalue weighted by molar-refractivity contribution is -0.118. The number of sulfonamides is 1. The molecular formula is C23H34N4O5S2. The van der Waals surface area contributed by atoms with Crippen molar-refractivity contribution in [3.63, 3.8) is 0 Å². The first-order valence-electron chi connectivity index (χ1n) is 11.9. The summed E-state index contributed by atoms with van der Waals surface area (Å²) in [6, 6.07) is 4.58. The van der Waals surface area contributed by atoms with Gasteiger partial charge in [-0.3, -0.25) is 10.1 Å². The van der Waals surface area contributed by atoms with Gasteiger partial charge in [0.25, 0.3) is 0 Å². The van der Waals surface area contributed by atoms with Crippen LogP contribution < -0.4 is 19.5 Å². The number of aromatic nitrogens is 2. The van der Waals surface area contributed by atoms with Crippen molar-refractivity contribution < 1.29 is 22.7 Å². The number of nitrogens with zero attached hydrogens (tertiary/aromatic N) is 2. The van der Waals surface area contributed by atoms with Crippen LogP contribution in [0.25, 0.3) is 10.6 Å². The van der Waals surface area contributed by atoms with Gasteiger partial charge in [-0.05, 0) is 30.5 Å². The number of ether oxygens (including phenoxy) is 2. The summed E-state index contributed by atoms with van der Waals surface area (Å²) in [5, 5.41) is 11.9. The molecule has 2 heterocycles. The summed E-state index contributed by atoms with van der Waals surface area (Å²) in [7, 11) is -3.58. The van der Waals surface area contributed by atoms with Crippen LogP contribution in [0.1, 0.15) is 65.7 Å². The molecule has 1 aromatic heterocycles. The van der Waals surface area contributed by atoms with Gasteiger partial charge in [0.05, 0.1) is 5.75 Å². The Bertz CT molecular complexity index is 1060. The SMILES string of the molecule is CCCCCCCCS(=O)(=O)NC(C(=O)Nc1nnc(-c2ccc3c(c2)OCO3)s1)C(C)CC. The smallest absolute Gasteiger partial charge is 0.244 e. The fourth-order valence-corrected chi connectivity index (χ4v) is 5.76. The Labute approximate surface area is 205 Å². The number of nitrogens with one attached hydrogen (secondary N) is 2. The maximum Gasteiger partial charge on any atom is 0.244 e. The number of hydrogen-bond donors (Lipinski definition) is 2. The summed E-state index contributed by atoms with van der Waals surface area (Å²) in [4.78, 5) is 13.0. The molecule has 188 valence electrons. The van der Waals surface area contributed by atoms with E-state index in [0.29, 0.717) is 34.5 Å². The molecule has 11 heteroatoms. The molecular weight excluding hydrogens is 476 g/mol. The molecule has 9 nitrogen and oxygen atoms in total. The Morgan fingerprint density at radius 2 is 1.82 bits per heavy atom. The first-order chi connectivity index (χ1) is 16.3. The standard InChI is InChI=1S/C23H34N4O5S2/c1-4-6-7-8-9-10-13-34(29,30)27-20(16(3)5-2)21(28)24-23-26-25-22(33-23)17-11-12-18-19(14-17)32-15-31-18/h11-12,14,16,20,27H,4-10,13,15H2,1-3H3,(H,24,26,28). The van der Waals surface area contributed by atoms with Gasteiger partial charge in [-0.1, -0.05) is 70.6 Å². The van der Waals surface area contributed by atoms with E-state index in [1.165, 1.54) is 17.8 Å². The highest BCUT2D eigenvalue weighted by molar-refractivity contribution is 7.89. The highest BCUT2D eigenvalue weighted by Gasteiger charge is 2.29. The minimum absolute atomic E-state index is 0.0202. The van der Waals surface area contributed by atoms with Crippen molar-refractivity contribution in [2.75, 3.05) is 17.9 Å². The number of anilines is 1. The lowest BCUT2D eigenvalue weighted by Gasteiger charge is -2.22. The average Bonchev–Trinajstić information content (AvgIpc) is 3.48. The number of unbranched alkanes of at least 4 members (excludes halogenated alkanes) is 5. The molecule has 2 unspecified atom stereocenters. The van der Waals surface area contributed by atoms with Crippen molar-refractivity contribution in [2.24, 2.45) is 5.92 Å². The molecule has 1 amide bonds. The Balaban J connectivity index is 1.60. The molecule has 0 bridgehead atoms. The maximum absolute atomic E-state index is 13.0. The van der Waals surface area contributed by atoms with Gasteiger partial charge in [-0.15, -0.1) is 10.2 Å². The largest absolute Gasteiger partial charge is 0.454 e. The number of carbonyl (C=O) groups excluding carboxylic acids is 1. The number of amides is 1. The molecule has 1 aromatic carbocycles. The second kappa shape index (κ2) is 12.5. The summed E-state index contributed by atoms with van der Waals surface area (Å²) in [6.07, 6.45) is 6.58. The molecule has 1 aliphatic heterocycles. The van der Waals surface area contributed by atoms with Crippen molar-refractivity contribution in [2.45, 2.75) is 71.8 Å². The predicted octanol–water partition coefficient (Wildman–Crippen LogP) is 4.57. The molecule has 3 rings (SSSR count). The van der Waals surface area contributed by atoms with Crippen molar-refractivity contribution in [3.8, 4) is 22.1 Å². The van der Waals surface area contributed by atoms with Crippen LogP contribution in [0.15, 0.2) is 18.2 Å². The zero-order valence-corrected chi connectivity index (χ0v) is 21.6. The normalized spacial score (nSPS) is 14.7. The zero-order valence-electron chi connectivity index (χ0n) is 20.0. The van der Waals surface area contributed by atoms with Gasteiger partial charge in [0.1, 0.15) is 11.0 Å². The van der Waals surface area contributed by atoms with E-state index in [1.54, 1.807) is 6.07 Å². The van der Waals surface area contributed by atoms with Gasteiger partial charge in [-0.25, -0.2) is 13.1 Å². The fourth-order valence-electron chi connectivity index (χ4n) is 3.59. The van der Waals surface area contributed by atoms with Crippen LogP contribution >= 0.6 is 11.3 Å². The summed E-state index contributed by atoms with van der Waals surface area (Å²) in [5.74, 6) is 0.711. The second-order valence-corrected chi connectivity index (χ2v) is 11.4. The van der Waals surface area contributed by atoms with Crippen molar-refractivity contribution in [3.05, 3.63) is 18.2 Å². The molecule has 0 aliphatic carbocycles. The number of carbonyl (C=O) groups is 1. The molecule has 0 saturated carbocycles. The Hall–Kier alpha value is -2.24. The molecule has 0 saturated heterocycles. The average molecular weight is 511 g/mol. The summed E-state index contributed by atoms with van der Waals surface area (Å²) in [5.41, 5.74) is 0.792. The van der Waals surface area contributed by atoms with E-state index in [9.17, 15) is 13.2 Å². The molecule has 34 heavy (non-hydrogen) atoms. The van der Waals surface area contributed by atoms with Crippen LogP contribution in [0, 0.1) is 5.92 Å². The van der Waals surface area contributed by atoms with Crippen LogP contribution in [0.5, 0.6) is 11.5 Å². The van der Waals surface area contributed by atoms with Gasteiger partial charge in [-0.2, -0.15) is 0 Å². The highest BCUT2D eigenvalue weighted by Crippen LogP contribution is 2.37. The van der Waals surface area contributed by atoms with Crippen molar-refractivity contribution >= 4 is 32.4 Å². The first kappa shape index (κ1) is 26.4. The predicted molar refractivity (Wildman–Crippen MR) is 134 cm³/mol. The second-order valence-electron chi connectivity index (χ2n) is 8.54. The van der Waals surface area contributed by atoms with Gasteiger partial charge < -0.3 is 9.47 Å². The molecule has 1 aliphatic rings. The van der Waals surface area contributed by atoms with E-state index in [0.717, 1.165) is 31.2 Å².